The molecule has 1 aliphatic carbocycles. The molecule has 0 amide bonds. The van der Waals surface area contributed by atoms with Crippen molar-refractivity contribution in [1.29, 1.82) is 0 Å². The molecule has 4 aromatic carbocycles. The quantitative estimate of drug-likeness (QED) is 0.132. The van der Waals surface area contributed by atoms with Crippen LogP contribution < -0.4 is 0 Å². The van der Waals surface area contributed by atoms with Gasteiger partial charge in [0, 0.05) is 19.1 Å². The van der Waals surface area contributed by atoms with Crippen LogP contribution in [-0.2, 0) is 29.0 Å². The molecule has 4 aromatic rings. The van der Waals surface area contributed by atoms with Crippen molar-refractivity contribution < 1.29 is 9.53 Å². The SMILES string of the molecule is CC(C)[C@H]1CC[C@H](C)C[C@@H]1COC(=O)[C@H](C)CC(Cc1ccc(-c2ccccc2)cc1)N(Cc1ccccc1)Cc1ccccc1. The third-order valence-electron chi connectivity index (χ3n) is 10.1. The topological polar surface area (TPSA) is 29.5 Å². The maximum atomic E-state index is 13.6. The highest BCUT2D eigenvalue weighted by atomic mass is 16.5. The van der Waals surface area contributed by atoms with E-state index in [1.807, 2.05) is 0 Å². The first-order valence-electron chi connectivity index (χ1n) is 17.5. The van der Waals surface area contributed by atoms with Crippen molar-refractivity contribution in [2.24, 2.45) is 29.6 Å². The number of esters is 1. The van der Waals surface area contributed by atoms with Crippen molar-refractivity contribution in [3.05, 3.63) is 132 Å². The van der Waals surface area contributed by atoms with Crippen LogP contribution in [0.1, 0.15) is 70.1 Å². The van der Waals surface area contributed by atoms with Crippen molar-refractivity contribution in [2.75, 3.05) is 6.61 Å². The number of ether oxygens (including phenoxy) is 1. The average molecular weight is 616 g/mol. The number of hydrogen-bond donors (Lipinski definition) is 0. The van der Waals surface area contributed by atoms with Crippen molar-refractivity contribution in [1.82, 2.24) is 4.90 Å². The zero-order valence-corrected chi connectivity index (χ0v) is 28.4. The molecule has 5 rings (SSSR count). The minimum atomic E-state index is -0.193. The molecule has 0 radical (unpaired) electrons. The van der Waals surface area contributed by atoms with Crippen LogP contribution in [0.4, 0.5) is 0 Å². The number of hydrogen-bond acceptors (Lipinski definition) is 3. The molecule has 0 spiro atoms. The first-order valence-corrected chi connectivity index (χ1v) is 17.5. The number of benzene rings is 4. The highest BCUT2D eigenvalue weighted by Crippen LogP contribution is 2.38. The molecular weight excluding hydrogens is 562 g/mol. The Morgan fingerprint density at radius 3 is 1.83 bits per heavy atom. The molecule has 0 N–H and O–H groups in total. The molecule has 0 heterocycles. The van der Waals surface area contributed by atoms with Gasteiger partial charge in [0.05, 0.1) is 12.5 Å². The number of carbonyl (C=O) groups excluding carboxylic acids is 1. The van der Waals surface area contributed by atoms with Crippen molar-refractivity contribution in [2.45, 2.75) is 78.9 Å². The van der Waals surface area contributed by atoms with Gasteiger partial charge in [-0.3, -0.25) is 9.69 Å². The Hall–Kier alpha value is -3.69. The fourth-order valence-corrected chi connectivity index (χ4v) is 7.47. The molecule has 1 unspecified atom stereocenters. The van der Waals surface area contributed by atoms with Gasteiger partial charge in [0.1, 0.15) is 0 Å². The molecule has 5 atom stereocenters. The van der Waals surface area contributed by atoms with Crippen LogP contribution in [0.3, 0.4) is 0 Å². The highest BCUT2D eigenvalue weighted by Gasteiger charge is 2.32. The lowest BCUT2D eigenvalue weighted by molar-refractivity contribution is -0.151. The van der Waals surface area contributed by atoms with Crippen molar-refractivity contribution >= 4 is 5.97 Å². The third kappa shape index (κ3) is 9.66. The summed E-state index contributed by atoms with van der Waals surface area (Å²) in [4.78, 5) is 16.2. The van der Waals surface area contributed by atoms with Crippen molar-refractivity contribution in [3.8, 4) is 11.1 Å². The molecule has 0 aliphatic heterocycles. The number of carbonyl (C=O) groups is 1. The Balaban J connectivity index is 1.36. The van der Waals surface area contributed by atoms with Crippen LogP contribution in [0.25, 0.3) is 11.1 Å². The van der Waals surface area contributed by atoms with E-state index in [-0.39, 0.29) is 17.9 Å². The van der Waals surface area contributed by atoms with Gasteiger partial charge in [0.2, 0.25) is 0 Å². The Labute approximate surface area is 278 Å². The van der Waals surface area contributed by atoms with Crippen LogP contribution in [-0.4, -0.2) is 23.5 Å². The van der Waals surface area contributed by atoms with Crippen LogP contribution in [0.15, 0.2) is 115 Å². The number of rotatable bonds is 14. The van der Waals surface area contributed by atoms with E-state index in [2.05, 4.69) is 148 Å². The van der Waals surface area contributed by atoms with Crippen LogP contribution in [0.5, 0.6) is 0 Å². The van der Waals surface area contributed by atoms with E-state index in [9.17, 15) is 4.79 Å². The van der Waals surface area contributed by atoms with E-state index in [0.29, 0.717) is 30.3 Å². The molecule has 0 saturated heterocycles. The maximum Gasteiger partial charge on any atom is 0.308 e. The van der Waals surface area contributed by atoms with E-state index in [1.165, 1.54) is 40.7 Å². The summed E-state index contributed by atoms with van der Waals surface area (Å²) >= 11 is 0. The summed E-state index contributed by atoms with van der Waals surface area (Å²) in [5.74, 6) is 2.18. The summed E-state index contributed by atoms with van der Waals surface area (Å²) in [5, 5.41) is 0. The minimum Gasteiger partial charge on any atom is -0.465 e. The summed E-state index contributed by atoms with van der Waals surface area (Å²) < 4.78 is 6.15. The largest absolute Gasteiger partial charge is 0.465 e. The van der Waals surface area contributed by atoms with Gasteiger partial charge in [-0.2, -0.15) is 0 Å². The van der Waals surface area contributed by atoms with Gasteiger partial charge in [0.15, 0.2) is 0 Å². The molecule has 46 heavy (non-hydrogen) atoms. The Morgan fingerprint density at radius 1 is 0.717 bits per heavy atom. The molecule has 1 fully saturated rings. The van der Waals surface area contributed by atoms with Gasteiger partial charge in [-0.1, -0.05) is 149 Å². The molecule has 1 aliphatic rings. The predicted octanol–water partition coefficient (Wildman–Crippen LogP) is 10.2. The molecule has 0 aromatic heterocycles. The lowest BCUT2D eigenvalue weighted by Crippen LogP contribution is -2.39. The second kappa shape index (κ2) is 16.7. The summed E-state index contributed by atoms with van der Waals surface area (Å²) in [7, 11) is 0. The number of nitrogens with zero attached hydrogens (tertiary/aromatic N) is 1. The zero-order valence-electron chi connectivity index (χ0n) is 28.4. The van der Waals surface area contributed by atoms with Gasteiger partial charge in [-0.25, -0.2) is 0 Å². The molecule has 0 bridgehead atoms. The second-order valence-corrected chi connectivity index (χ2v) is 14.2. The minimum absolute atomic E-state index is 0.0514. The summed E-state index contributed by atoms with van der Waals surface area (Å²) in [6, 6.07) is 41.1. The van der Waals surface area contributed by atoms with Crippen LogP contribution in [0, 0.1) is 29.6 Å². The fraction of sp³-hybridized carbons (Fsp3) is 0.419. The molecule has 3 nitrogen and oxygen atoms in total. The zero-order chi connectivity index (χ0) is 32.3. The van der Waals surface area contributed by atoms with Gasteiger partial charge in [0.25, 0.3) is 0 Å². The van der Waals surface area contributed by atoms with E-state index < -0.39 is 0 Å². The van der Waals surface area contributed by atoms with Gasteiger partial charge >= 0.3 is 5.97 Å². The molecule has 242 valence electrons. The van der Waals surface area contributed by atoms with Gasteiger partial charge in [-0.15, -0.1) is 0 Å². The molecule has 1 saturated carbocycles. The van der Waals surface area contributed by atoms with E-state index in [1.54, 1.807) is 0 Å². The highest BCUT2D eigenvalue weighted by molar-refractivity contribution is 5.72. The molecule has 3 heteroatoms. The second-order valence-electron chi connectivity index (χ2n) is 14.2. The predicted molar refractivity (Wildman–Crippen MR) is 191 cm³/mol. The first-order chi connectivity index (χ1) is 22.4. The van der Waals surface area contributed by atoms with Crippen LogP contribution in [0.2, 0.25) is 0 Å². The summed E-state index contributed by atoms with van der Waals surface area (Å²) in [5.41, 5.74) is 6.30. The van der Waals surface area contributed by atoms with Crippen LogP contribution >= 0.6 is 0 Å². The summed E-state index contributed by atoms with van der Waals surface area (Å²) in [6.07, 6.45) is 5.30. The van der Waals surface area contributed by atoms with Gasteiger partial charge < -0.3 is 4.74 Å². The summed E-state index contributed by atoms with van der Waals surface area (Å²) in [6.45, 7) is 11.3. The molecular formula is C43H53NO2. The monoisotopic (exact) mass is 615 g/mol. The Morgan fingerprint density at radius 2 is 1.26 bits per heavy atom. The Kier molecular flexibility index (Phi) is 12.3. The van der Waals surface area contributed by atoms with Crippen molar-refractivity contribution in [3.63, 3.8) is 0 Å². The lowest BCUT2D eigenvalue weighted by Gasteiger charge is -2.37. The van der Waals surface area contributed by atoms with E-state index >= 15 is 0 Å². The first kappa shape index (κ1) is 33.7. The van der Waals surface area contributed by atoms with E-state index in [4.69, 9.17) is 4.74 Å². The lowest BCUT2D eigenvalue weighted by atomic mass is 9.70. The standard InChI is InChI=1S/C43H53NO2/c1-32(2)42-25-20-33(3)26-40(42)31-46-43(45)34(4)27-41(28-35-21-23-39(24-22-35)38-18-12-7-13-19-38)44(29-36-14-8-5-9-15-36)30-37-16-10-6-11-17-37/h5-19,21-24,32-34,40-42H,20,25-31H2,1-4H3/t33-,34+,40+,41?,42+/m0/s1. The normalized spacial score (nSPS) is 19.6. The third-order valence-corrected chi connectivity index (χ3v) is 10.1. The van der Waals surface area contributed by atoms with Gasteiger partial charge in [-0.05, 0) is 77.2 Å². The smallest absolute Gasteiger partial charge is 0.308 e. The Bertz CT molecular complexity index is 1410. The van der Waals surface area contributed by atoms with E-state index in [0.717, 1.165) is 32.4 Å². The maximum absolute atomic E-state index is 13.6. The average Bonchev–Trinajstić information content (AvgIpc) is 3.08. The fourth-order valence-electron chi connectivity index (χ4n) is 7.47.